The molecule has 0 aromatic rings. The molecule has 0 saturated carbocycles. The summed E-state index contributed by atoms with van der Waals surface area (Å²) in [6, 6.07) is 0. The van der Waals surface area contributed by atoms with Crippen LogP contribution in [0.2, 0.25) is 0 Å². The molecule has 12 heteroatoms. The van der Waals surface area contributed by atoms with Crippen LogP contribution in [0.15, 0.2) is 0 Å². The Bertz CT molecular complexity index is 165. The first kappa shape index (κ1) is 46.8. The van der Waals surface area contributed by atoms with Gasteiger partial charge in [0.15, 0.2) is 0 Å². The topological polar surface area (TPSA) is 72.2 Å². The van der Waals surface area contributed by atoms with Crippen molar-refractivity contribution in [1.82, 2.24) is 31.9 Å². The van der Waals surface area contributed by atoms with Crippen molar-refractivity contribution >= 4 is 74.4 Å². The van der Waals surface area contributed by atoms with E-state index < -0.39 is 0 Å². The fourth-order valence-corrected chi connectivity index (χ4v) is 3.16. The molecule has 0 aromatic carbocycles. The lowest BCUT2D eigenvalue weighted by Crippen LogP contribution is -2.33. The van der Waals surface area contributed by atoms with Gasteiger partial charge in [-0.15, -0.1) is 74.4 Å². The fourth-order valence-electron chi connectivity index (χ4n) is 3.16. The first-order chi connectivity index (χ1) is 13.0. The first-order valence-electron chi connectivity index (χ1n) is 11.2. The molecular weight excluding hydrogens is 537 g/mol. The van der Waals surface area contributed by atoms with Gasteiger partial charge in [0, 0.05) is 52.4 Å². The summed E-state index contributed by atoms with van der Waals surface area (Å²) < 4.78 is 0. The van der Waals surface area contributed by atoms with E-state index in [4.69, 9.17) is 0 Å². The number of hydrogen-bond acceptors (Lipinski definition) is 6. The molecule has 1 aliphatic heterocycles. The average molecular weight is 589 g/mol. The highest BCUT2D eigenvalue weighted by atomic mass is 35.5. The van der Waals surface area contributed by atoms with E-state index in [1.807, 2.05) is 0 Å². The molecule has 0 amide bonds. The van der Waals surface area contributed by atoms with Crippen LogP contribution in [0.5, 0.6) is 0 Å². The summed E-state index contributed by atoms with van der Waals surface area (Å²) in [4.78, 5) is 0. The monoisotopic (exact) mass is 586 g/mol. The maximum atomic E-state index is 3.53. The molecule has 0 unspecified atom stereocenters. The van der Waals surface area contributed by atoms with Crippen molar-refractivity contribution in [3.63, 3.8) is 0 Å². The molecule has 0 spiro atoms. The van der Waals surface area contributed by atoms with Gasteiger partial charge in [-0.2, -0.15) is 0 Å². The Hall–Kier alpha value is 1.50. The minimum atomic E-state index is 0. The van der Waals surface area contributed by atoms with Gasteiger partial charge in [-0.25, -0.2) is 0 Å². The third-order valence-corrected chi connectivity index (χ3v) is 4.83. The highest BCUT2D eigenvalue weighted by molar-refractivity contribution is 5.86. The SMILES string of the molecule is C1CCCNCCNCCNCCCCCCNCCNCCNCC1.Cl.Cl.Cl.Cl.Cl.Cl. The van der Waals surface area contributed by atoms with Crippen molar-refractivity contribution < 1.29 is 0 Å². The fraction of sp³-hybridized carbons (Fsp3) is 1.00. The largest absolute Gasteiger partial charge is 0.315 e. The van der Waals surface area contributed by atoms with Crippen LogP contribution in [-0.2, 0) is 0 Å². The highest BCUT2D eigenvalue weighted by Gasteiger charge is 1.94. The van der Waals surface area contributed by atoms with Gasteiger partial charge >= 0.3 is 0 Å². The Morgan fingerprint density at radius 3 is 0.531 bits per heavy atom. The smallest absolute Gasteiger partial charge is 0.00772 e. The summed E-state index contributed by atoms with van der Waals surface area (Å²) in [6.45, 7) is 13.3. The molecule has 1 rings (SSSR count). The molecule has 0 aliphatic carbocycles. The van der Waals surface area contributed by atoms with E-state index in [1.54, 1.807) is 0 Å². The van der Waals surface area contributed by atoms with Crippen LogP contribution in [0.1, 0.15) is 51.4 Å². The normalized spacial score (nSPS) is 19.5. The lowest BCUT2D eigenvalue weighted by molar-refractivity contribution is 0.525. The average Bonchev–Trinajstić information content (AvgIpc) is 2.65. The minimum absolute atomic E-state index is 0. The summed E-state index contributed by atoms with van der Waals surface area (Å²) in [6.07, 6.45) is 10.6. The zero-order valence-electron chi connectivity index (χ0n) is 19.6. The van der Waals surface area contributed by atoms with Crippen molar-refractivity contribution in [2.45, 2.75) is 51.4 Å². The number of rotatable bonds is 0. The first-order valence-corrected chi connectivity index (χ1v) is 11.2. The number of nitrogens with one attached hydrogen (secondary N) is 6. The highest BCUT2D eigenvalue weighted by Crippen LogP contribution is 1.98. The third kappa shape index (κ3) is 38.7. The lowest BCUT2D eigenvalue weighted by Gasteiger charge is -2.09. The molecule has 6 N–H and O–H groups in total. The molecule has 0 atom stereocenters. The Labute approximate surface area is 235 Å². The summed E-state index contributed by atoms with van der Waals surface area (Å²) in [5.41, 5.74) is 0. The maximum Gasteiger partial charge on any atom is 0.00772 e. The zero-order chi connectivity index (χ0) is 18.4. The Morgan fingerprint density at radius 1 is 0.188 bits per heavy atom. The molecule has 204 valence electrons. The Kier molecular flexibility index (Phi) is 62.3. The van der Waals surface area contributed by atoms with Crippen molar-refractivity contribution in [1.29, 1.82) is 0 Å². The van der Waals surface area contributed by atoms with Crippen molar-refractivity contribution in [3.05, 3.63) is 0 Å². The maximum absolute atomic E-state index is 3.53. The van der Waals surface area contributed by atoms with Gasteiger partial charge in [0.1, 0.15) is 0 Å². The van der Waals surface area contributed by atoms with E-state index in [1.165, 1.54) is 51.4 Å². The number of halogens is 6. The van der Waals surface area contributed by atoms with Gasteiger partial charge in [0.25, 0.3) is 0 Å². The molecule has 6 nitrogen and oxygen atoms in total. The minimum Gasteiger partial charge on any atom is -0.315 e. The second-order valence-electron chi connectivity index (χ2n) is 7.33. The molecule has 1 heterocycles. The van der Waals surface area contributed by atoms with Crippen LogP contribution in [0, 0.1) is 0 Å². The van der Waals surface area contributed by atoms with Crippen LogP contribution in [0.4, 0.5) is 0 Å². The van der Waals surface area contributed by atoms with Crippen molar-refractivity contribution in [2.75, 3.05) is 78.5 Å². The molecule has 0 bridgehead atoms. The van der Waals surface area contributed by atoms with Gasteiger partial charge in [-0.3, -0.25) is 0 Å². The molecule has 32 heavy (non-hydrogen) atoms. The third-order valence-electron chi connectivity index (χ3n) is 4.83. The molecule has 1 aliphatic rings. The predicted molar refractivity (Wildman–Crippen MR) is 158 cm³/mol. The predicted octanol–water partition coefficient (Wildman–Crippen LogP) is 3.19. The second kappa shape index (κ2) is 42.6. The molecule has 1 saturated heterocycles. The van der Waals surface area contributed by atoms with Crippen LogP contribution >= 0.6 is 74.4 Å². The van der Waals surface area contributed by atoms with Gasteiger partial charge in [-0.1, -0.05) is 25.7 Å². The van der Waals surface area contributed by atoms with Crippen LogP contribution < -0.4 is 31.9 Å². The molecular formula is C20H52Cl6N6. The van der Waals surface area contributed by atoms with Crippen LogP contribution in [-0.4, -0.2) is 78.5 Å². The van der Waals surface area contributed by atoms with Crippen molar-refractivity contribution in [2.24, 2.45) is 0 Å². The van der Waals surface area contributed by atoms with Gasteiger partial charge in [0.2, 0.25) is 0 Å². The summed E-state index contributed by atoms with van der Waals surface area (Å²) in [5, 5.41) is 21.1. The summed E-state index contributed by atoms with van der Waals surface area (Å²) in [5.74, 6) is 0. The van der Waals surface area contributed by atoms with Crippen LogP contribution in [0.3, 0.4) is 0 Å². The standard InChI is InChI=1S/C20H46N6.6ClH/c1-2-6-10-22-14-18-26-20-16-24-12-8-4-3-7-11-23-15-19-25-17-13-21-9-5-1;;;;;;/h21-26H,1-20H2;6*1H. The lowest BCUT2D eigenvalue weighted by atomic mass is 10.2. The van der Waals surface area contributed by atoms with Crippen molar-refractivity contribution in [3.8, 4) is 0 Å². The van der Waals surface area contributed by atoms with E-state index in [0.717, 1.165) is 78.5 Å². The Balaban J connectivity index is -0.000000282. The second-order valence-corrected chi connectivity index (χ2v) is 7.33. The molecule has 0 aromatic heterocycles. The summed E-state index contributed by atoms with van der Waals surface area (Å²) in [7, 11) is 0. The Morgan fingerprint density at radius 2 is 0.344 bits per heavy atom. The van der Waals surface area contributed by atoms with E-state index in [2.05, 4.69) is 31.9 Å². The quantitative estimate of drug-likeness (QED) is 0.261. The number of hydrogen-bond donors (Lipinski definition) is 6. The summed E-state index contributed by atoms with van der Waals surface area (Å²) >= 11 is 0. The van der Waals surface area contributed by atoms with Gasteiger partial charge < -0.3 is 31.9 Å². The van der Waals surface area contributed by atoms with E-state index >= 15 is 0 Å². The van der Waals surface area contributed by atoms with E-state index in [-0.39, 0.29) is 74.4 Å². The molecule has 0 radical (unpaired) electrons. The molecule has 1 fully saturated rings. The van der Waals surface area contributed by atoms with Gasteiger partial charge in [-0.05, 0) is 51.9 Å². The van der Waals surface area contributed by atoms with E-state index in [9.17, 15) is 0 Å². The zero-order valence-corrected chi connectivity index (χ0v) is 24.5. The van der Waals surface area contributed by atoms with Gasteiger partial charge in [0.05, 0.1) is 0 Å². The van der Waals surface area contributed by atoms with E-state index in [0.29, 0.717) is 0 Å². The van der Waals surface area contributed by atoms with Crippen LogP contribution in [0.25, 0.3) is 0 Å².